The molecule has 1 N–H and O–H groups in total. The molecule has 30 heavy (non-hydrogen) atoms. The highest BCUT2D eigenvalue weighted by molar-refractivity contribution is 6.21. The van der Waals surface area contributed by atoms with Crippen LogP contribution in [0.5, 0.6) is 0 Å². The van der Waals surface area contributed by atoms with Gasteiger partial charge in [0.2, 0.25) is 0 Å². The molecule has 0 saturated carbocycles. The van der Waals surface area contributed by atoms with Gasteiger partial charge in [-0.1, -0.05) is 30.3 Å². The summed E-state index contributed by atoms with van der Waals surface area (Å²) in [5.74, 6) is 0.708. The molecule has 0 saturated heterocycles. The van der Waals surface area contributed by atoms with Crippen LogP contribution in [0.15, 0.2) is 83.4 Å². The van der Waals surface area contributed by atoms with Crippen LogP contribution in [0.1, 0.15) is 38.4 Å². The minimum atomic E-state index is -0.286. The zero-order valence-corrected chi connectivity index (χ0v) is 15.9. The third-order valence-electron chi connectivity index (χ3n) is 5.70. The Morgan fingerprint density at radius 3 is 2.27 bits per heavy atom. The molecule has 2 aliphatic heterocycles. The van der Waals surface area contributed by atoms with E-state index in [-0.39, 0.29) is 24.5 Å². The summed E-state index contributed by atoms with van der Waals surface area (Å²) in [6.45, 7) is 0.105. The lowest BCUT2D eigenvalue weighted by molar-refractivity contribution is 0.0630. The maximum Gasteiger partial charge on any atom is 0.261 e. The standard InChI is InChI=1S/C24H17N3O3/c28-23-16-6-1-2-7-17(16)24(29)27(23)14-15-11-12-21(30-15)22-25-19-9-4-3-8-18(19)20-10-5-13-26(20)22/h1-13,22,25H,14H2. The largest absolute Gasteiger partial charge is 0.460 e. The van der Waals surface area contributed by atoms with Crippen molar-refractivity contribution in [2.75, 3.05) is 5.32 Å². The van der Waals surface area contributed by atoms with Gasteiger partial charge in [0.05, 0.1) is 23.4 Å². The number of fused-ring (bicyclic) bond motifs is 4. The number of benzene rings is 2. The SMILES string of the molecule is O=C1c2ccccc2C(=O)N1Cc1ccc(C2Nc3ccccc3-c3cccn32)o1. The first-order valence-corrected chi connectivity index (χ1v) is 9.77. The van der Waals surface area contributed by atoms with E-state index < -0.39 is 0 Å². The molecular weight excluding hydrogens is 378 g/mol. The van der Waals surface area contributed by atoms with E-state index in [9.17, 15) is 9.59 Å². The molecule has 2 aliphatic rings. The van der Waals surface area contributed by atoms with E-state index in [0.717, 1.165) is 16.9 Å². The number of para-hydroxylation sites is 1. The normalized spacial score (nSPS) is 16.8. The van der Waals surface area contributed by atoms with Crippen molar-refractivity contribution in [1.82, 2.24) is 9.47 Å². The number of anilines is 1. The molecule has 146 valence electrons. The quantitative estimate of drug-likeness (QED) is 0.518. The van der Waals surface area contributed by atoms with Gasteiger partial charge in [-0.2, -0.15) is 0 Å². The molecule has 4 aromatic rings. The molecule has 0 bridgehead atoms. The fourth-order valence-electron chi connectivity index (χ4n) is 4.27. The summed E-state index contributed by atoms with van der Waals surface area (Å²) in [5, 5.41) is 3.52. The highest BCUT2D eigenvalue weighted by Gasteiger charge is 2.36. The van der Waals surface area contributed by atoms with Gasteiger partial charge in [0.15, 0.2) is 6.17 Å². The van der Waals surface area contributed by atoms with Crippen LogP contribution in [-0.2, 0) is 6.54 Å². The number of imide groups is 1. The molecule has 0 aliphatic carbocycles. The van der Waals surface area contributed by atoms with E-state index in [2.05, 4.69) is 22.0 Å². The molecule has 6 heteroatoms. The van der Waals surface area contributed by atoms with Crippen LogP contribution in [0.2, 0.25) is 0 Å². The van der Waals surface area contributed by atoms with Gasteiger partial charge in [-0.25, -0.2) is 0 Å². The number of carbonyl (C=O) groups is 2. The van der Waals surface area contributed by atoms with Gasteiger partial charge < -0.3 is 14.3 Å². The second-order valence-corrected chi connectivity index (χ2v) is 7.44. The van der Waals surface area contributed by atoms with E-state index in [1.54, 1.807) is 24.3 Å². The van der Waals surface area contributed by atoms with Crippen LogP contribution in [0.25, 0.3) is 11.3 Å². The Labute approximate surface area is 172 Å². The molecule has 4 heterocycles. The summed E-state index contributed by atoms with van der Waals surface area (Å²) in [5.41, 5.74) is 4.16. The second-order valence-electron chi connectivity index (χ2n) is 7.44. The highest BCUT2D eigenvalue weighted by Crippen LogP contribution is 2.39. The van der Waals surface area contributed by atoms with Crippen molar-refractivity contribution < 1.29 is 14.0 Å². The molecule has 0 spiro atoms. The molecular formula is C24H17N3O3. The maximum absolute atomic E-state index is 12.6. The fourth-order valence-corrected chi connectivity index (χ4v) is 4.27. The molecule has 2 aromatic heterocycles. The van der Waals surface area contributed by atoms with Crippen LogP contribution < -0.4 is 5.32 Å². The first-order valence-electron chi connectivity index (χ1n) is 9.77. The van der Waals surface area contributed by atoms with E-state index in [4.69, 9.17) is 4.42 Å². The van der Waals surface area contributed by atoms with Gasteiger partial charge >= 0.3 is 0 Å². The predicted molar refractivity (Wildman–Crippen MR) is 111 cm³/mol. The summed E-state index contributed by atoms with van der Waals surface area (Å²) in [6, 6.07) is 22.8. The van der Waals surface area contributed by atoms with Crippen LogP contribution in [0.4, 0.5) is 5.69 Å². The monoisotopic (exact) mass is 395 g/mol. The molecule has 6 rings (SSSR count). The van der Waals surface area contributed by atoms with Gasteiger partial charge in [-0.15, -0.1) is 0 Å². The van der Waals surface area contributed by atoms with Gasteiger partial charge in [-0.3, -0.25) is 14.5 Å². The number of amides is 2. The van der Waals surface area contributed by atoms with E-state index in [1.165, 1.54) is 4.90 Å². The van der Waals surface area contributed by atoms with Crippen molar-refractivity contribution in [1.29, 1.82) is 0 Å². The number of hydrogen-bond acceptors (Lipinski definition) is 4. The summed E-state index contributed by atoms with van der Waals surface area (Å²) in [6.07, 6.45) is 1.80. The van der Waals surface area contributed by atoms with Crippen molar-refractivity contribution >= 4 is 17.5 Å². The number of carbonyl (C=O) groups excluding carboxylic acids is 2. The molecule has 1 unspecified atom stereocenters. The van der Waals surface area contributed by atoms with Crippen molar-refractivity contribution in [2.24, 2.45) is 0 Å². The Balaban J connectivity index is 1.30. The summed E-state index contributed by atoms with van der Waals surface area (Å²) in [7, 11) is 0. The van der Waals surface area contributed by atoms with Gasteiger partial charge in [0.1, 0.15) is 11.5 Å². The van der Waals surface area contributed by atoms with Crippen LogP contribution >= 0.6 is 0 Å². The van der Waals surface area contributed by atoms with Crippen molar-refractivity contribution in [3.05, 3.63) is 102 Å². The van der Waals surface area contributed by atoms with E-state index in [1.807, 2.05) is 42.6 Å². The predicted octanol–water partition coefficient (Wildman–Crippen LogP) is 4.52. The third kappa shape index (κ3) is 2.37. The number of nitrogens with one attached hydrogen (secondary N) is 1. The van der Waals surface area contributed by atoms with Crippen molar-refractivity contribution in [2.45, 2.75) is 12.7 Å². The number of aromatic nitrogens is 1. The summed E-state index contributed by atoms with van der Waals surface area (Å²) >= 11 is 0. The maximum atomic E-state index is 12.6. The average molecular weight is 395 g/mol. The van der Waals surface area contributed by atoms with Crippen molar-refractivity contribution in [3.8, 4) is 11.3 Å². The number of hydrogen-bond donors (Lipinski definition) is 1. The average Bonchev–Trinajstić information content (AvgIpc) is 3.50. The smallest absolute Gasteiger partial charge is 0.261 e. The van der Waals surface area contributed by atoms with Crippen LogP contribution in [-0.4, -0.2) is 21.3 Å². The van der Waals surface area contributed by atoms with Gasteiger partial charge in [-0.05, 0) is 42.5 Å². The molecule has 2 aromatic carbocycles. The van der Waals surface area contributed by atoms with Gasteiger partial charge in [0, 0.05) is 17.4 Å². The second kappa shape index (κ2) is 6.22. The Morgan fingerprint density at radius 2 is 1.50 bits per heavy atom. The first-order chi connectivity index (χ1) is 14.7. The fraction of sp³-hybridized carbons (Fsp3) is 0.0833. The molecule has 0 fully saturated rings. The Kier molecular flexibility index (Phi) is 3.49. The highest BCUT2D eigenvalue weighted by atomic mass is 16.3. The molecule has 1 atom stereocenters. The van der Waals surface area contributed by atoms with Crippen molar-refractivity contribution in [3.63, 3.8) is 0 Å². The number of furan rings is 1. The molecule has 2 amide bonds. The lowest BCUT2D eigenvalue weighted by Crippen LogP contribution is -2.29. The van der Waals surface area contributed by atoms with Crippen LogP contribution in [0.3, 0.4) is 0 Å². The number of nitrogens with zero attached hydrogens (tertiary/aromatic N) is 2. The minimum absolute atomic E-state index is 0.105. The Bertz CT molecular complexity index is 1280. The zero-order chi connectivity index (χ0) is 20.2. The van der Waals surface area contributed by atoms with Gasteiger partial charge in [0.25, 0.3) is 11.8 Å². The third-order valence-corrected chi connectivity index (χ3v) is 5.70. The van der Waals surface area contributed by atoms with Crippen LogP contribution in [0, 0.1) is 0 Å². The number of rotatable bonds is 3. The first kappa shape index (κ1) is 16.9. The minimum Gasteiger partial charge on any atom is -0.460 e. The van der Waals surface area contributed by atoms with E-state index >= 15 is 0 Å². The lowest BCUT2D eigenvalue weighted by Gasteiger charge is -2.29. The summed E-state index contributed by atoms with van der Waals surface area (Å²) < 4.78 is 8.21. The van der Waals surface area contributed by atoms with E-state index in [0.29, 0.717) is 22.6 Å². The lowest BCUT2D eigenvalue weighted by atomic mass is 10.1. The summed E-state index contributed by atoms with van der Waals surface area (Å²) in [4.78, 5) is 26.5. The molecule has 6 nitrogen and oxygen atoms in total. The topological polar surface area (TPSA) is 67.5 Å². The molecule has 0 radical (unpaired) electrons. The Morgan fingerprint density at radius 1 is 0.800 bits per heavy atom. The Hall–Kier alpha value is -4.06. The zero-order valence-electron chi connectivity index (χ0n) is 15.9.